The van der Waals surface area contributed by atoms with Gasteiger partial charge in [-0.15, -0.1) is 0 Å². The molecule has 0 aliphatic heterocycles. The van der Waals surface area contributed by atoms with Crippen LogP contribution in [-0.2, 0) is 4.79 Å². The monoisotopic (exact) mass is 266 g/mol. The van der Waals surface area contributed by atoms with E-state index in [1.807, 2.05) is 20.8 Å². The van der Waals surface area contributed by atoms with E-state index < -0.39 is 5.41 Å². The zero-order valence-electron chi connectivity index (χ0n) is 12.4. The maximum Gasteiger partial charge on any atom is 0.232 e. The van der Waals surface area contributed by atoms with Crippen LogP contribution in [0.25, 0.3) is 0 Å². The summed E-state index contributed by atoms with van der Waals surface area (Å²) in [6.07, 6.45) is 5.88. The minimum absolute atomic E-state index is 0.0335. The lowest BCUT2D eigenvalue weighted by molar-refractivity contribution is -0.135. The zero-order chi connectivity index (χ0) is 14.6. The van der Waals surface area contributed by atoms with Gasteiger partial charge in [-0.2, -0.15) is 0 Å². The summed E-state index contributed by atoms with van der Waals surface area (Å²) in [6, 6.07) is 0.271. The molecule has 1 aliphatic rings. The van der Waals surface area contributed by atoms with E-state index in [0.29, 0.717) is 11.5 Å². The Hall–Kier alpha value is -1.52. The Bertz CT molecular complexity index is 387. The number of nitrogens with two attached hydrogens (primary N) is 2. The highest BCUT2D eigenvalue weighted by Crippen LogP contribution is 2.22. The standard InChI is InChI=1S/C14H26N4O/c1-14(2,3)13(19)18(4)11(9-15)12(16)17-10-7-5-6-8-10/h9-10H,5-8,15H2,1-4H3,(H2,16,17)/b11-9+. The van der Waals surface area contributed by atoms with E-state index in [4.69, 9.17) is 11.5 Å². The summed E-state index contributed by atoms with van der Waals surface area (Å²) >= 11 is 0. The zero-order valence-corrected chi connectivity index (χ0v) is 12.4. The number of amides is 1. The van der Waals surface area contributed by atoms with Crippen molar-refractivity contribution in [3.8, 4) is 0 Å². The Morgan fingerprint density at radius 2 is 1.84 bits per heavy atom. The molecule has 19 heavy (non-hydrogen) atoms. The lowest BCUT2D eigenvalue weighted by Crippen LogP contribution is -2.40. The van der Waals surface area contributed by atoms with Crippen LogP contribution in [0.3, 0.4) is 0 Å². The van der Waals surface area contributed by atoms with Crippen molar-refractivity contribution < 1.29 is 4.79 Å². The molecule has 1 fully saturated rings. The van der Waals surface area contributed by atoms with Crippen molar-refractivity contribution in [1.82, 2.24) is 4.90 Å². The van der Waals surface area contributed by atoms with Gasteiger partial charge in [0.25, 0.3) is 0 Å². The molecule has 0 aromatic carbocycles. The third-order valence-electron chi connectivity index (χ3n) is 3.37. The van der Waals surface area contributed by atoms with Gasteiger partial charge in [0.15, 0.2) is 0 Å². The van der Waals surface area contributed by atoms with Gasteiger partial charge >= 0.3 is 0 Å². The Labute approximate surface area is 115 Å². The Morgan fingerprint density at radius 3 is 2.26 bits per heavy atom. The van der Waals surface area contributed by atoms with Crippen LogP contribution in [0.5, 0.6) is 0 Å². The maximum absolute atomic E-state index is 12.2. The van der Waals surface area contributed by atoms with E-state index in [1.165, 1.54) is 23.9 Å². The molecule has 0 spiro atoms. The first kappa shape index (κ1) is 15.5. The Balaban J connectivity index is 2.85. The topological polar surface area (TPSA) is 84.7 Å². The molecule has 0 saturated heterocycles. The quantitative estimate of drug-likeness (QED) is 0.601. The van der Waals surface area contributed by atoms with Crippen molar-refractivity contribution in [3.05, 3.63) is 11.9 Å². The highest BCUT2D eigenvalue weighted by Gasteiger charge is 2.28. The summed E-state index contributed by atoms with van der Waals surface area (Å²) in [6.45, 7) is 5.60. The van der Waals surface area contributed by atoms with E-state index >= 15 is 0 Å². The summed E-state index contributed by atoms with van der Waals surface area (Å²) in [7, 11) is 1.68. The van der Waals surface area contributed by atoms with Crippen LogP contribution in [0, 0.1) is 5.41 Å². The first-order valence-electron chi connectivity index (χ1n) is 6.81. The summed E-state index contributed by atoms with van der Waals surface area (Å²) in [5.74, 6) is 0.322. The number of rotatable bonds is 3. The highest BCUT2D eigenvalue weighted by molar-refractivity contribution is 6.00. The second kappa shape index (κ2) is 6.08. The molecule has 4 N–H and O–H groups in total. The van der Waals surface area contributed by atoms with Gasteiger partial charge in [-0.25, -0.2) is 0 Å². The molecule has 1 amide bonds. The van der Waals surface area contributed by atoms with Crippen LogP contribution in [0.15, 0.2) is 16.9 Å². The minimum atomic E-state index is -0.476. The van der Waals surface area contributed by atoms with Crippen molar-refractivity contribution in [2.75, 3.05) is 7.05 Å². The second-order valence-corrected chi connectivity index (χ2v) is 6.12. The van der Waals surface area contributed by atoms with E-state index in [2.05, 4.69) is 4.99 Å². The Morgan fingerprint density at radius 1 is 1.32 bits per heavy atom. The molecule has 0 atom stereocenters. The average molecular weight is 266 g/mol. The van der Waals surface area contributed by atoms with E-state index in [0.717, 1.165) is 12.8 Å². The summed E-state index contributed by atoms with van der Waals surface area (Å²) in [4.78, 5) is 18.2. The van der Waals surface area contributed by atoms with Crippen molar-refractivity contribution in [2.24, 2.45) is 21.9 Å². The molecule has 0 bridgehead atoms. The highest BCUT2D eigenvalue weighted by atomic mass is 16.2. The molecule has 0 aromatic heterocycles. The third kappa shape index (κ3) is 3.98. The van der Waals surface area contributed by atoms with Gasteiger partial charge in [0, 0.05) is 18.7 Å². The Kier molecular flexibility index (Phi) is 4.97. The first-order valence-corrected chi connectivity index (χ1v) is 6.81. The van der Waals surface area contributed by atoms with E-state index in [1.54, 1.807) is 7.05 Å². The number of carbonyl (C=O) groups is 1. The molecule has 5 nitrogen and oxygen atoms in total. The molecule has 0 heterocycles. The van der Waals surface area contributed by atoms with Gasteiger partial charge in [0.05, 0.1) is 6.04 Å². The molecule has 1 rings (SSSR count). The third-order valence-corrected chi connectivity index (χ3v) is 3.37. The van der Waals surface area contributed by atoms with Gasteiger partial charge in [0.1, 0.15) is 11.5 Å². The fourth-order valence-corrected chi connectivity index (χ4v) is 2.28. The van der Waals surface area contributed by atoms with Gasteiger partial charge < -0.3 is 16.4 Å². The van der Waals surface area contributed by atoms with Crippen LogP contribution in [-0.4, -0.2) is 29.7 Å². The molecule has 1 aliphatic carbocycles. The van der Waals surface area contributed by atoms with Crippen LogP contribution in [0.2, 0.25) is 0 Å². The summed E-state index contributed by atoms with van der Waals surface area (Å²) in [5, 5.41) is 0. The number of nitrogens with zero attached hydrogens (tertiary/aromatic N) is 2. The summed E-state index contributed by atoms with van der Waals surface area (Å²) in [5.41, 5.74) is 11.6. The molecular weight excluding hydrogens is 240 g/mol. The van der Waals surface area contributed by atoms with Crippen LogP contribution >= 0.6 is 0 Å². The minimum Gasteiger partial charge on any atom is -0.403 e. The molecule has 1 saturated carbocycles. The fourth-order valence-electron chi connectivity index (χ4n) is 2.28. The number of hydrogen-bond acceptors (Lipinski definition) is 3. The molecule has 0 radical (unpaired) electrons. The van der Waals surface area contributed by atoms with Gasteiger partial charge in [0.2, 0.25) is 5.91 Å². The molecule has 0 unspecified atom stereocenters. The summed E-state index contributed by atoms with van der Waals surface area (Å²) < 4.78 is 0. The van der Waals surface area contributed by atoms with E-state index in [-0.39, 0.29) is 11.9 Å². The normalized spacial score (nSPS) is 18.7. The number of amidine groups is 1. The van der Waals surface area contributed by atoms with Crippen LogP contribution in [0.4, 0.5) is 0 Å². The number of likely N-dealkylation sites (N-methyl/N-ethyl adjacent to an activating group) is 1. The lowest BCUT2D eigenvalue weighted by atomic mass is 9.94. The van der Waals surface area contributed by atoms with Crippen molar-refractivity contribution in [1.29, 1.82) is 0 Å². The molecule has 108 valence electrons. The SMILES string of the molecule is CN(C(=O)C(C)(C)C)/C(=C/N)C(N)=NC1CCCC1. The van der Waals surface area contributed by atoms with Crippen molar-refractivity contribution in [3.63, 3.8) is 0 Å². The fraction of sp³-hybridized carbons (Fsp3) is 0.714. The number of aliphatic imine (C=N–C) groups is 1. The van der Waals surface area contributed by atoms with Crippen molar-refractivity contribution >= 4 is 11.7 Å². The first-order chi connectivity index (χ1) is 8.77. The maximum atomic E-state index is 12.2. The average Bonchev–Trinajstić information content (AvgIpc) is 2.80. The molecular formula is C14H26N4O. The predicted octanol–water partition coefficient (Wildman–Crippen LogP) is 1.59. The van der Waals surface area contributed by atoms with Crippen LogP contribution < -0.4 is 11.5 Å². The molecule has 0 aromatic rings. The van der Waals surface area contributed by atoms with E-state index in [9.17, 15) is 4.79 Å². The second-order valence-electron chi connectivity index (χ2n) is 6.12. The molecule has 5 heteroatoms. The number of carbonyl (C=O) groups excluding carboxylic acids is 1. The van der Waals surface area contributed by atoms with Gasteiger partial charge in [-0.05, 0) is 12.8 Å². The van der Waals surface area contributed by atoms with Crippen molar-refractivity contribution in [2.45, 2.75) is 52.5 Å². The predicted molar refractivity (Wildman–Crippen MR) is 78.4 cm³/mol. The van der Waals surface area contributed by atoms with Crippen LogP contribution in [0.1, 0.15) is 46.5 Å². The smallest absolute Gasteiger partial charge is 0.232 e. The number of hydrogen-bond donors (Lipinski definition) is 2. The van der Waals surface area contributed by atoms with Gasteiger partial charge in [-0.1, -0.05) is 33.6 Å². The largest absolute Gasteiger partial charge is 0.403 e. The lowest BCUT2D eigenvalue weighted by Gasteiger charge is -2.27. The van der Waals surface area contributed by atoms with Gasteiger partial charge in [-0.3, -0.25) is 9.79 Å².